The van der Waals surface area contributed by atoms with Crippen LogP contribution in [0.2, 0.25) is 0 Å². The zero-order chi connectivity index (χ0) is 15.4. The number of thiocarbonyl (C=S) groups is 1. The number of rotatable bonds is 4. The van der Waals surface area contributed by atoms with Crippen LogP contribution in [0.25, 0.3) is 11.5 Å². The Morgan fingerprint density at radius 2 is 2.09 bits per heavy atom. The van der Waals surface area contributed by atoms with E-state index in [9.17, 15) is 0 Å². The van der Waals surface area contributed by atoms with Crippen molar-refractivity contribution in [2.45, 2.75) is 5.22 Å². The standard InChI is InChI=1S/C12H11N7OS2/c1-22-12-17-16-10(20-12)8-3-2-4-9(5-8)15-11(21)18-19-6-13-14-7-19/h2-7H,1H3,(H2,15,18,21). The molecule has 2 aromatic heterocycles. The number of aromatic nitrogens is 5. The van der Waals surface area contributed by atoms with Gasteiger partial charge in [-0.25, -0.2) is 4.68 Å². The molecule has 0 unspecified atom stereocenters. The van der Waals surface area contributed by atoms with Gasteiger partial charge in [0.2, 0.25) is 5.89 Å². The van der Waals surface area contributed by atoms with Crippen LogP contribution in [0.1, 0.15) is 0 Å². The molecular formula is C12H11N7OS2. The van der Waals surface area contributed by atoms with Crippen molar-refractivity contribution < 1.29 is 4.42 Å². The summed E-state index contributed by atoms with van der Waals surface area (Å²) in [7, 11) is 0. The summed E-state index contributed by atoms with van der Waals surface area (Å²) in [6, 6.07) is 7.52. The summed E-state index contributed by atoms with van der Waals surface area (Å²) in [4.78, 5) is 0. The lowest BCUT2D eigenvalue weighted by Crippen LogP contribution is -2.26. The van der Waals surface area contributed by atoms with Crippen molar-refractivity contribution in [3.8, 4) is 11.5 Å². The van der Waals surface area contributed by atoms with E-state index in [1.54, 1.807) is 4.68 Å². The van der Waals surface area contributed by atoms with E-state index in [4.69, 9.17) is 16.6 Å². The first-order chi connectivity index (χ1) is 10.7. The van der Waals surface area contributed by atoms with Crippen molar-refractivity contribution in [3.05, 3.63) is 36.9 Å². The Bertz CT molecular complexity index is 771. The fourth-order valence-electron chi connectivity index (χ4n) is 1.67. The smallest absolute Gasteiger partial charge is 0.276 e. The summed E-state index contributed by atoms with van der Waals surface area (Å²) in [5.41, 5.74) is 4.51. The molecule has 1 aromatic carbocycles. The van der Waals surface area contributed by atoms with Crippen LogP contribution in [0.15, 0.2) is 46.6 Å². The van der Waals surface area contributed by atoms with E-state index < -0.39 is 0 Å². The van der Waals surface area contributed by atoms with E-state index in [2.05, 4.69) is 31.1 Å². The Labute approximate surface area is 135 Å². The van der Waals surface area contributed by atoms with Gasteiger partial charge in [-0.3, -0.25) is 5.43 Å². The zero-order valence-electron chi connectivity index (χ0n) is 11.4. The quantitative estimate of drug-likeness (QED) is 0.549. The summed E-state index contributed by atoms with van der Waals surface area (Å²) in [5.74, 6) is 0.464. The van der Waals surface area contributed by atoms with Crippen LogP contribution in [0.3, 0.4) is 0 Å². The average molecular weight is 333 g/mol. The highest BCUT2D eigenvalue weighted by molar-refractivity contribution is 7.98. The monoisotopic (exact) mass is 333 g/mol. The maximum atomic E-state index is 5.51. The van der Waals surface area contributed by atoms with Crippen molar-refractivity contribution in [3.63, 3.8) is 0 Å². The molecule has 0 bridgehead atoms. The molecule has 112 valence electrons. The van der Waals surface area contributed by atoms with E-state index in [1.165, 1.54) is 24.4 Å². The SMILES string of the molecule is CSc1nnc(-c2cccc(NC(=S)Nn3cnnc3)c2)o1. The Hall–Kier alpha value is -2.46. The van der Waals surface area contributed by atoms with Crippen LogP contribution in [0, 0.1) is 0 Å². The first-order valence-electron chi connectivity index (χ1n) is 6.15. The minimum atomic E-state index is 0.410. The third-order valence-electron chi connectivity index (χ3n) is 2.60. The van der Waals surface area contributed by atoms with Crippen LogP contribution in [-0.4, -0.2) is 36.4 Å². The molecule has 0 aliphatic heterocycles. The summed E-state index contributed by atoms with van der Waals surface area (Å²) >= 11 is 6.61. The molecular weight excluding hydrogens is 322 g/mol. The second-order valence-electron chi connectivity index (χ2n) is 4.09. The van der Waals surface area contributed by atoms with Gasteiger partial charge < -0.3 is 9.73 Å². The number of nitrogens with zero attached hydrogens (tertiary/aromatic N) is 5. The highest BCUT2D eigenvalue weighted by atomic mass is 32.2. The van der Waals surface area contributed by atoms with E-state index in [1.807, 2.05) is 30.5 Å². The molecule has 0 atom stereocenters. The molecule has 3 aromatic rings. The second kappa shape index (κ2) is 6.54. The summed E-state index contributed by atoms with van der Waals surface area (Å²) in [5, 5.41) is 19.3. The number of benzene rings is 1. The van der Waals surface area contributed by atoms with Crippen molar-refractivity contribution in [1.29, 1.82) is 0 Å². The van der Waals surface area contributed by atoms with Crippen molar-refractivity contribution in [2.75, 3.05) is 17.0 Å². The van der Waals surface area contributed by atoms with Crippen molar-refractivity contribution in [2.24, 2.45) is 0 Å². The second-order valence-corrected chi connectivity index (χ2v) is 5.26. The molecule has 8 nitrogen and oxygen atoms in total. The van der Waals surface area contributed by atoms with E-state index in [-0.39, 0.29) is 0 Å². The van der Waals surface area contributed by atoms with Crippen LogP contribution >= 0.6 is 24.0 Å². The fourth-order valence-corrected chi connectivity index (χ4v) is 2.18. The lowest BCUT2D eigenvalue weighted by atomic mass is 10.2. The lowest BCUT2D eigenvalue weighted by molar-refractivity contribution is 0.466. The molecule has 0 spiro atoms. The maximum Gasteiger partial charge on any atom is 0.276 e. The minimum absolute atomic E-state index is 0.410. The van der Waals surface area contributed by atoms with Gasteiger partial charge in [0, 0.05) is 11.3 Å². The fraction of sp³-hybridized carbons (Fsp3) is 0.0833. The van der Waals surface area contributed by atoms with E-state index >= 15 is 0 Å². The first-order valence-corrected chi connectivity index (χ1v) is 7.78. The highest BCUT2D eigenvalue weighted by Gasteiger charge is 2.08. The van der Waals surface area contributed by atoms with Crippen molar-refractivity contribution >= 4 is 34.8 Å². The Kier molecular flexibility index (Phi) is 4.30. The molecule has 0 aliphatic carbocycles. The third kappa shape index (κ3) is 3.40. The van der Waals surface area contributed by atoms with Crippen LogP contribution in [-0.2, 0) is 0 Å². The number of hydrogen-bond acceptors (Lipinski definition) is 7. The van der Waals surface area contributed by atoms with E-state index in [0.717, 1.165) is 11.3 Å². The van der Waals surface area contributed by atoms with Gasteiger partial charge in [0.25, 0.3) is 5.22 Å². The highest BCUT2D eigenvalue weighted by Crippen LogP contribution is 2.24. The maximum absolute atomic E-state index is 5.51. The largest absolute Gasteiger partial charge is 0.411 e. The molecule has 0 aliphatic rings. The average Bonchev–Trinajstić information content (AvgIpc) is 3.18. The van der Waals surface area contributed by atoms with Gasteiger partial charge in [0.1, 0.15) is 12.7 Å². The van der Waals surface area contributed by atoms with E-state index in [0.29, 0.717) is 16.2 Å². The van der Waals surface area contributed by atoms with Gasteiger partial charge in [-0.1, -0.05) is 17.8 Å². The van der Waals surface area contributed by atoms with Crippen LogP contribution in [0.5, 0.6) is 0 Å². The molecule has 2 N–H and O–H groups in total. The predicted molar refractivity (Wildman–Crippen MR) is 87.1 cm³/mol. The normalized spacial score (nSPS) is 10.4. The molecule has 0 amide bonds. The lowest BCUT2D eigenvalue weighted by Gasteiger charge is -2.10. The van der Waals surface area contributed by atoms with Gasteiger partial charge in [0.15, 0.2) is 5.11 Å². The number of anilines is 1. The molecule has 10 heteroatoms. The van der Waals surface area contributed by atoms with Gasteiger partial charge >= 0.3 is 0 Å². The molecule has 0 saturated heterocycles. The molecule has 0 radical (unpaired) electrons. The topological polar surface area (TPSA) is 93.7 Å². The summed E-state index contributed by atoms with van der Waals surface area (Å²) in [6.07, 6.45) is 4.89. The van der Waals surface area contributed by atoms with Gasteiger partial charge in [-0.2, -0.15) is 0 Å². The predicted octanol–water partition coefficient (Wildman–Crippen LogP) is 1.99. The van der Waals surface area contributed by atoms with Crippen molar-refractivity contribution in [1.82, 2.24) is 25.1 Å². The molecule has 3 rings (SSSR count). The van der Waals surface area contributed by atoms with Crippen LogP contribution < -0.4 is 10.7 Å². The number of nitrogens with one attached hydrogen (secondary N) is 2. The third-order valence-corrected chi connectivity index (χ3v) is 3.31. The van der Waals surface area contributed by atoms with Gasteiger partial charge in [-0.05, 0) is 36.7 Å². The Balaban J connectivity index is 1.72. The number of hydrogen-bond donors (Lipinski definition) is 2. The minimum Gasteiger partial charge on any atom is -0.411 e. The molecule has 2 heterocycles. The van der Waals surface area contributed by atoms with Gasteiger partial charge in [0.05, 0.1) is 0 Å². The molecule has 0 fully saturated rings. The zero-order valence-corrected chi connectivity index (χ0v) is 13.1. The Morgan fingerprint density at radius 1 is 1.27 bits per heavy atom. The Morgan fingerprint density at radius 3 is 2.82 bits per heavy atom. The van der Waals surface area contributed by atoms with Gasteiger partial charge in [-0.15, -0.1) is 20.4 Å². The summed E-state index contributed by atoms with van der Waals surface area (Å²) < 4.78 is 7.05. The van der Waals surface area contributed by atoms with Crippen LogP contribution in [0.4, 0.5) is 5.69 Å². The molecule has 22 heavy (non-hydrogen) atoms. The molecule has 0 saturated carbocycles. The summed E-state index contributed by atoms with van der Waals surface area (Å²) in [6.45, 7) is 0. The first kappa shape index (κ1) is 14.5. The number of thioether (sulfide) groups is 1.